The van der Waals surface area contributed by atoms with Gasteiger partial charge in [0.15, 0.2) is 6.61 Å². The molecule has 1 fully saturated rings. The molecule has 0 aromatic heterocycles. The number of rotatable bonds is 7. The van der Waals surface area contributed by atoms with E-state index in [1.807, 2.05) is 0 Å². The first kappa shape index (κ1) is 17.3. The van der Waals surface area contributed by atoms with Crippen LogP contribution in [0.1, 0.15) is 25.3 Å². The quantitative estimate of drug-likeness (QED) is 0.774. The zero-order valence-electron chi connectivity index (χ0n) is 13.6. The number of amides is 2. The maximum atomic E-state index is 12.0. The van der Waals surface area contributed by atoms with Gasteiger partial charge in [-0.15, -0.1) is 0 Å². The minimum Gasteiger partial charge on any atom is -0.484 e. The van der Waals surface area contributed by atoms with Crippen molar-refractivity contribution in [3.05, 3.63) is 29.8 Å². The van der Waals surface area contributed by atoms with Gasteiger partial charge in [-0.3, -0.25) is 9.59 Å². The predicted octanol–water partition coefficient (Wildman–Crippen LogP) is 0.694. The normalized spacial score (nSPS) is 18.4. The largest absolute Gasteiger partial charge is 0.484 e. The van der Waals surface area contributed by atoms with Crippen molar-refractivity contribution >= 4 is 11.8 Å². The van der Waals surface area contributed by atoms with Gasteiger partial charge in [0.05, 0.1) is 6.42 Å². The first-order chi connectivity index (χ1) is 11.1. The lowest BCUT2D eigenvalue weighted by Gasteiger charge is -2.32. The summed E-state index contributed by atoms with van der Waals surface area (Å²) in [6.07, 6.45) is 2.33. The molecule has 6 heteroatoms. The Balaban J connectivity index is 1.74. The molecule has 0 bridgehead atoms. The lowest BCUT2D eigenvalue weighted by atomic mass is 10.1. The molecule has 1 aliphatic heterocycles. The number of hydrogen-bond acceptors (Lipinski definition) is 4. The molecule has 1 unspecified atom stereocenters. The van der Waals surface area contributed by atoms with Crippen LogP contribution in [-0.4, -0.2) is 49.0 Å². The molecule has 0 aliphatic carbocycles. The van der Waals surface area contributed by atoms with Crippen molar-refractivity contribution in [1.29, 1.82) is 0 Å². The number of likely N-dealkylation sites (tertiary alicyclic amines) is 1. The second-order valence-electron chi connectivity index (χ2n) is 5.88. The van der Waals surface area contributed by atoms with Gasteiger partial charge in [0.1, 0.15) is 5.75 Å². The smallest absolute Gasteiger partial charge is 0.258 e. The predicted molar refractivity (Wildman–Crippen MR) is 88.1 cm³/mol. The zero-order valence-corrected chi connectivity index (χ0v) is 13.6. The number of likely N-dealkylation sites (N-methyl/N-ethyl adjacent to an activating group) is 1. The minimum atomic E-state index is -0.369. The van der Waals surface area contributed by atoms with Gasteiger partial charge in [-0.05, 0) is 43.6 Å². The van der Waals surface area contributed by atoms with Gasteiger partial charge in [0.25, 0.3) is 5.91 Å². The average Bonchev–Trinajstić information content (AvgIpc) is 2.54. The molecule has 23 heavy (non-hydrogen) atoms. The summed E-state index contributed by atoms with van der Waals surface area (Å²) in [5.41, 5.74) is 5.97. The van der Waals surface area contributed by atoms with Crippen molar-refractivity contribution in [2.45, 2.75) is 32.2 Å². The Kier molecular flexibility index (Phi) is 6.40. The van der Waals surface area contributed by atoms with E-state index in [2.05, 4.69) is 17.1 Å². The Morgan fingerprint density at radius 1 is 1.35 bits per heavy atom. The standard InChI is InChI=1S/C17H25N3O3/c1-2-20-9-3-4-14(11-20)19-17(22)12-23-15-7-5-13(6-8-15)10-16(18)21/h5-8,14H,2-4,9-12H2,1H3,(H2,18,21)(H,19,22). The minimum absolute atomic E-state index is 0.00219. The van der Waals surface area contributed by atoms with Crippen LogP contribution in [0.3, 0.4) is 0 Å². The van der Waals surface area contributed by atoms with Crippen LogP contribution in [0.5, 0.6) is 5.75 Å². The van der Waals surface area contributed by atoms with E-state index in [0.717, 1.165) is 38.0 Å². The van der Waals surface area contributed by atoms with E-state index >= 15 is 0 Å². The van der Waals surface area contributed by atoms with Crippen molar-refractivity contribution in [2.24, 2.45) is 5.73 Å². The van der Waals surface area contributed by atoms with Crippen LogP contribution >= 0.6 is 0 Å². The highest BCUT2D eigenvalue weighted by molar-refractivity contribution is 5.78. The summed E-state index contributed by atoms with van der Waals surface area (Å²) in [5, 5.41) is 3.02. The molecule has 0 spiro atoms. The Hall–Kier alpha value is -2.08. The SMILES string of the molecule is CCN1CCCC(NC(=O)COc2ccc(CC(N)=O)cc2)C1. The van der Waals surface area contributed by atoms with Crippen molar-refractivity contribution in [2.75, 3.05) is 26.2 Å². The molecule has 0 saturated carbocycles. The van der Waals surface area contributed by atoms with Crippen LogP contribution in [0.2, 0.25) is 0 Å². The molecule has 2 rings (SSSR count). The second-order valence-corrected chi connectivity index (χ2v) is 5.88. The maximum absolute atomic E-state index is 12.0. The second kappa shape index (κ2) is 8.53. The molecule has 1 heterocycles. The number of primary amides is 1. The number of piperidine rings is 1. The molecule has 1 saturated heterocycles. The van der Waals surface area contributed by atoms with Gasteiger partial charge in [-0.2, -0.15) is 0 Å². The van der Waals surface area contributed by atoms with Crippen LogP contribution in [0.4, 0.5) is 0 Å². The van der Waals surface area contributed by atoms with Gasteiger partial charge >= 0.3 is 0 Å². The van der Waals surface area contributed by atoms with Crippen LogP contribution in [0, 0.1) is 0 Å². The number of nitrogens with one attached hydrogen (secondary N) is 1. The molecule has 2 amide bonds. The Morgan fingerprint density at radius 2 is 2.09 bits per heavy atom. The first-order valence-corrected chi connectivity index (χ1v) is 8.08. The third kappa shape index (κ3) is 5.90. The number of benzene rings is 1. The maximum Gasteiger partial charge on any atom is 0.258 e. The lowest BCUT2D eigenvalue weighted by molar-refractivity contribution is -0.124. The summed E-state index contributed by atoms with van der Waals surface area (Å²) < 4.78 is 5.48. The van der Waals surface area contributed by atoms with Gasteiger partial charge in [0.2, 0.25) is 5.91 Å². The van der Waals surface area contributed by atoms with Crippen molar-refractivity contribution in [1.82, 2.24) is 10.2 Å². The van der Waals surface area contributed by atoms with Crippen LogP contribution in [0.25, 0.3) is 0 Å². The molecular weight excluding hydrogens is 294 g/mol. The Morgan fingerprint density at radius 3 is 2.74 bits per heavy atom. The summed E-state index contributed by atoms with van der Waals surface area (Å²) in [7, 11) is 0. The molecule has 6 nitrogen and oxygen atoms in total. The van der Waals surface area contributed by atoms with Gasteiger partial charge in [-0.1, -0.05) is 19.1 Å². The summed E-state index contributed by atoms with van der Waals surface area (Å²) in [6.45, 7) is 5.16. The monoisotopic (exact) mass is 319 g/mol. The van der Waals surface area contributed by atoms with E-state index in [-0.39, 0.29) is 30.9 Å². The van der Waals surface area contributed by atoms with E-state index in [9.17, 15) is 9.59 Å². The van der Waals surface area contributed by atoms with Crippen molar-refractivity contribution < 1.29 is 14.3 Å². The Labute approximate surface area is 137 Å². The van der Waals surface area contributed by atoms with Gasteiger partial charge < -0.3 is 20.7 Å². The molecule has 1 aromatic carbocycles. The first-order valence-electron chi connectivity index (χ1n) is 8.08. The van der Waals surface area contributed by atoms with E-state index in [4.69, 9.17) is 10.5 Å². The average molecular weight is 319 g/mol. The van der Waals surface area contributed by atoms with E-state index in [1.165, 1.54) is 0 Å². The third-order valence-corrected chi connectivity index (χ3v) is 3.99. The van der Waals surface area contributed by atoms with Crippen LogP contribution < -0.4 is 15.8 Å². The molecule has 0 radical (unpaired) electrons. The van der Waals surface area contributed by atoms with E-state index in [1.54, 1.807) is 24.3 Å². The topological polar surface area (TPSA) is 84.7 Å². The molecule has 1 atom stereocenters. The van der Waals surface area contributed by atoms with E-state index in [0.29, 0.717) is 5.75 Å². The number of carbonyl (C=O) groups excluding carboxylic acids is 2. The summed E-state index contributed by atoms with van der Waals surface area (Å²) in [6, 6.07) is 7.24. The summed E-state index contributed by atoms with van der Waals surface area (Å²) in [4.78, 5) is 25.2. The number of nitrogens with zero attached hydrogens (tertiary/aromatic N) is 1. The van der Waals surface area contributed by atoms with Crippen molar-refractivity contribution in [3.8, 4) is 5.75 Å². The zero-order chi connectivity index (χ0) is 16.7. The molecular formula is C17H25N3O3. The number of ether oxygens (including phenoxy) is 1. The fourth-order valence-electron chi connectivity index (χ4n) is 2.78. The lowest BCUT2D eigenvalue weighted by Crippen LogP contribution is -2.48. The highest BCUT2D eigenvalue weighted by atomic mass is 16.5. The van der Waals surface area contributed by atoms with Crippen LogP contribution in [-0.2, 0) is 16.0 Å². The van der Waals surface area contributed by atoms with E-state index < -0.39 is 0 Å². The van der Waals surface area contributed by atoms with Crippen LogP contribution in [0.15, 0.2) is 24.3 Å². The van der Waals surface area contributed by atoms with Gasteiger partial charge in [0, 0.05) is 12.6 Å². The number of hydrogen-bond donors (Lipinski definition) is 2. The highest BCUT2D eigenvalue weighted by Crippen LogP contribution is 2.13. The molecule has 3 N–H and O–H groups in total. The molecule has 1 aromatic rings. The van der Waals surface area contributed by atoms with Gasteiger partial charge in [-0.25, -0.2) is 0 Å². The molecule has 1 aliphatic rings. The highest BCUT2D eigenvalue weighted by Gasteiger charge is 2.20. The third-order valence-electron chi connectivity index (χ3n) is 3.99. The Bertz CT molecular complexity index is 530. The fraction of sp³-hybridized carbons (Fsp3) is 0.529. The number of carbonyl (C=O) groups is 2. The fourth-order valence-corrected chi connectivity index (χ4v) is 2.78. The number of nitrogens with two attached hydrogens (primary N) is 1. The van der Waals surface area contributed by atoms with Crippen molar-refractivity contribution in [3.63, 3.8) is 0 Å². The summed E-state index contributed by atoms with van der Waals surface area (Å²) >= 11 is 0. The molecule has 126 valence electrons. The summed E-state index contributed by atoms with van der Waals surface area (Å²) in [5.74, 6) is 0.132.